The molecule has 0 fully saturated rings. The summed E-state index contributed by atoms with van der Waals surface area (Å²) in [7, 11) is 1.58. The smallest absolute Gasteiger partial charge is 0.267 e. The van der Waals surface area contributed by atoms with E-state index < -0.39 is 0 Å². The maximum atomic E-state index is 11.5. The summed E-state index contributed by atoms with van der Waals surface area (Å²) in [6.07, 6.45) is 0. The van der Waals surface area contributed by atoms with E-state index in [1.807, 2.05) is 38.1 Å². The van der Waals surface area contributed by atoms with Gasteiger partial charge < -0.3 is 0 Å². The van der Waals surface area contributed by atoms with Crippen LogP contribution in [0.15, 0.2) is 29.1 Å². The number of nitrogens with zero attached hydrogens (tertiary/aromatic N) is 3. The van der Waals surface area contributed by atoms with E-state index in [-0.39, 0.29) is 5.56 Å². The Kier molecular flexibility index (Phi) is 2.99. The third-order valence-corrected chi connectivity index (χ3v) is 2.86. The van der Waals surface area contributed by atoms with E-state index in [1.54, 1.807) is 7.05 Å². The van der Waals surface area contributed by atoms with Gasteiger partial charge in [0.1, 0.15) is 11.8 Å². The molecular formula is C14H13N3O. The molecule has 0 bridgehead atoms. The molecular weight excluding hydrogens is 226 g/mol. The zero-order chi connectivity index (χ0) is 13.3. The Morgan fingerprint density at radius 2 is 2.00 bits per heavy atom. The third kappa shape index (κ3) is 2.03. The molecule has 4 heteroatoms. The number of hydrogen-bond donors (Lipinski definition) is 0. The molecule has 0 unspecified atom stereocenters. The molecule has 1 heterocycles. The minimum atomic E-state index is -0.277. The summed E-state index contributed by atoms with van der Waals surface area (Å²) >= 11 is 0. The predicted octanol–water partition coefficient (Wildman–Crippen LogP) is 1.94. The summed E-state index contributed by atoms with van der Waals surface area (Å²) in [5.74, 6) is 0. The van der Waals surface area contributed by atoms with E-state index >= 15 is 0 Å². The Hall–Kier alpha value is -2.41. The van der Waals surface area contributed by atoms with Crippen molar-refractivity contribution in [3.8, 4) is 17.3 Å². The topological polar surface area (TPSA) is 58.7 Å². The van der Waals surface area contributed by atoms with E-state index in [0.29, 0.717) is 11.3 Å². The lowest BCUT2D eigenvalue weighted by molar-refractivity contribution is 0.710. The van der Waals surface area contributed by atoms with Gasteiger partial charge in [-0.05, 0) is 25.5 Å². The molecule has 0 amide bonds. The molecule has 18 heavy (non-hydrogen) atoms. The number of aryl methyl sites for hydroxylation is 3. The summed E-state index contributed by atoms with van der Waals surface area (Å²) in [4.78, 5) is 11.5. The fraction of sp³-hybridized carbons (Fsp3) is 0.214. The SMILES string of the molecule is Cc1ccc(C)c(-c2nn(C)c(=O)cc2C#N)c1. The van der Waals surface area contributed by atoms with Crippen LogP contribution >= 0.6 is 0 Å². The monoisotopic (exact) mass is 239 g/mol. The van der Waals surface area contributed by atoms with E-state index in [2.05, 4.69) is 5.10 Å². The van der Waals surface area contributed by atoms with Gasteiger partial charge in [-0.1, -0.05) is 17.7 Å². The predicted molar refractivity (Wildman–Crippen MR) is 69.1 cm³/mol. The molecule has 4 nitrogen and oxygen atoms in total. The van der Waals surface area contributed by atoms with Crippen molar-refractivity contribution in [2.45, 2.75) is 13.8 Å². The van der Waals surface area contributed by atoms with Crippen LogP contribution in [0.2, 0.25) is 0 Å². The first-order chi connectivity index (χ1) is 8.52. The Labute approximate surface area is 105 Å². The molecule has 0 radical (unpaired) electrons. The van der Waals surface area contributed by atoms with E-state index in [4.69, 9.17) is 5.26 Å². The quantitative estimate of drug-likeness (QED) is 0.764. The highest BCUT2D eigenvalue weighted by Gasteiger charge is 2.11. The van der Waals surface area contributed by atoms with Crippen molar-refractivity contribution in [2.24, 2.45) is 7.05 Å². The van der Waals surface area contributed by atoms with Gasteiger partial charge in [-0.3, -0.25) is 4.79 Å². The first-order valence-electron chi connectivity index (χ1n) is 5.59. The van der Waals surface area contributed by atoms with Crippen LogP contribution in [0.5, 0.6) is 0 Å². The Morgan fingerprint density at radius 3 is 2.67 bits per heavy atom. The van der Waals surface area contributed by atoms with Gasteiger partial charge in [-0.2, -0.15) is 10.4 Å². The summed E-state index contributed by atoms with van der Waals surface area (Å²) in [5, 5.41) is 13.3. The van der Waals surface area contributed by atoms with Crippen molar-refractivity contribution >= 4 is 0 Å². The molecule has 2 aromatic rings. The number of nitriles is 1. The summed E-state index contributed by atoms with van der Waals surface area (Å²) in [6.45, 7) is 3.94. The van der Waals surface area contributed by atoms with Crippen molar-refractivity contribution in [1.29, 1.82) is 5.26 Å². The van der Waals surface area contributed by atoms with Gasteiger partial charge in [0, 0.05) is 18.7 Å². The molecule has 90 valence electrons. The van der Waals surface area contributed by atoms with Gasteiger partial charge in [0.25, 0.3) is 5.56 Å². The van der Waals surface area contributed by atoms with Gasteiger partial charge in [0.2, 0.25) is 0 Å². The van der Waals surface area contributed by atoms with Crippen LogP contribution in [0.4, 0.5) is 0 Å². The lowest BCUT2D eigenvalue weighted by Gasteiger charge is -2.09. The lowest BCUT2D eigenvalue weighted by Crippen LogP contribution is -2.20. The highest BCUT2D eigenvalue weighted by Crippen LogP contribution is 2.24. The van der Waals surface area contributed by atoms with Crippen molar-refractivity contribution in [2.75, 3.05) is 0 Å². The molecule has 1 aromatic carbocycles. The van der Waals surface area contributed by atoms with Gasteiger partial charge >= 0.3 is 0 Å². The zero-order valence-corrected chi connectivity index (χ0v) is 10.6. The summed E-state index contributed by atoms with van der Waals surface area (Å²) in [5.41, 5.74) is 3.61. The van der Waals surface area contributed by atoms with Crippen molar-refractivity contribution < 1.29 is 0 Å². The molecule has 0 aliphatic heterocycles. The largest absolute Gasteiger partial charge is 0.268 e. The first-order valence-corrected chi connectivity index (χ1v) is 5.59. The first kappa shape index (κ1) is 12.1. The molecule has 0 atom stereocenters. The minimum absolute atomic E-state index is 0.277. The molecule has 0 saturated carbocycles. The molecule has 0 aliphatic rings. The highest BCUT2D eigenvalue weighted by molar-refractivity contribution is 5.69. The molecule has 0 saturated heterocycles. The maximum absolute atomic E-state index is 11.5. The number of aromatic nitrogens is 2. The molecule has 0 aliphatic carbocycles. The molecule has 2 rings (SSSR count). The van der Waals surface area contributed by atoms with Crippen LogP contribution in [0.25, 0.3) is 11.3 Å². The van der Waals surface area contributed by atoms with Crippen LogP contribution in [-0.2, 0) is 7.05 Å². The summed E-state index contributed by atoms with van der Waals surface area (Å²) < 4.78 is 1.25. The number of rotatable bonds is 1. The van der Waals surface area contributed by atoms with Gasteiger partial charge in [-0.25, -0.2) is 4.68 Å². The van der Waals surface area contributed by atoms with Crippen LogP contribution in [-0.4, -0.2) is 9.78 Å². The van der Waals surface area contributed by atoms with Crippen molar-refractivity contribution in [3.05, 3.63) is 51.3 Å². The average Bonchev–Trinajstić information content (AvgIpc) is 2.35. The van der Waals surface area contributed by atoms with Crippen LogP contribution in [0, 0.1) is 25.2 Å². The number of hydrogen-bond acceptors (Lipinski definition) is 3. The maximum Gasteiger partial charge on any atom is 0.267 e. The highest BCUT2D eigenvalue weighted by atomic mass is 16.1. The molecule has 1 aromatic heterocycles. The van der Waals surface area contributed by atoms with E-state index in [9.17, 15) is 4.79 Å². The Balaban J connectivity index is 2.79. The Morgan fingerprint density at radius 1 is 1.28 bits per heavy atom. The second-order valence-corrected chi connectivity index (χ2v) is 4.30. The standard InChI is InChI=1S/C14H13N3O/c1-9-4-5-10(2)12(6-9)14-11(8-15)7-13(18)17(3)16-14/h4-7H,1-3H3. The van der Waals surface area contributed by atoms with E-state index in [1.165, 1.54) is 10.7 Å². The molecule has 0 spiro atoms. The Bertz CT molecular complexity index is 708. The van der Waals surface area contributed by atoms with Gasteiger partial charge in [0.15, 0.2) is 0 Å². The molecule has 0 N–H and O–H groups in total. The average molecular weight is 239 g/mol. The second kappa shape index (κ2) is 4.46. The van der Waals surface area contributed by atoms with Crippen LogP contribution in [0.1, 0.15) is 16.7 Å². The fourth-order valence-corrected chi connectivity index (χ4v) is 1.81. The van der Waals surface area contributed by atoms with Gasteiger partial charge in [0.05, 0.1) is 5.56 Å². The van der Waals surface area contributed by atoms with Crippen LogP contribution in [0.3, 0.4) is 0 Å². The van der Waals surface area contributed by atoms with Crippen molar-refractivity contribution in [1.82, 2.24) is 9.78 Å². The second-order valence-electron chi connectivity index (χ2n) is 4.30. The minimum Gasteiger partial charge on any atom is -0.268 e. The summed E-state index contributed by atoms with van der Waals surface area (Å²) in [6, 6.07) is 9.32. The number of benzene rings is 1. The fourth-order valence-electron chi connectivity index (χ4n) is 1.81. The van der Waals surface area contributed by atoms with Crippen LogP contribution < -0.4 is 5.56 Å². The van der Waals surface area contributed by atoms with Gasteiger partial charge in [-0.15, -0.1) is 0 Å². The van der Waals surface area contributed by atoms with E-state index in [0.717, 1.165) is 16.7 Å². The van der Waals surface area contributed by atoms with Crippen molar-refractivity contribution in [3.63, 3.8) is 0 Å². The zero-order valence-electron chi connectivity index (χ0n) is 10.6. The third-order valence-electron chi connectivity index (χ3n) is 2.86. The lowest BCUT2D eigenvalue weighted by atomic mass is 10.00. The normalized spacial score (nSPS) is 10.1.